The number of hydrogen-bond acceptors (Lipinski definition) is 3. The second kappa shape index (κ2) is 4.48. The summed E-state index contributed by atoms with van der Waals surface area (Å²) in [4.78, 5) is 4.04. The first-order valence-corrected chi connectivity index (χ1v) is 3.97. The molecule has 1 atom stereocenters. The van der Waals surface area contributed by atoms with Gasteiger partial charge in [-0.15, -0.1) is 6.42 Å². The van der Waals surface area contributed by atoms with E-state index in [1.807, 2.05) is 6.07 Å². The van der Waals surface area contributed by atoms with Crippen molar-refractivity contribution in [3.63, 3.8) is 0 Å². The topological polar surface area (TPSA) is 48.1 Å². The van der Waals surface area contributed by atoms with E-state index in [0.29, 0.717) is 12.3 Å². The SMILES string of the molecule is C#CC(N)Cc1ccc(OC)nc1. The number of ether oxygens (including phenoxy) is 1. The summed E-state index contributed by atoms with van der Waals surface area (Å²) in [7, 11) is 1.58. The zero-order valence-electron chi connectivity index (χ0n) is 7.53. The van der Waals surface area contributed by atoms with Crippen molar-refractivity contribution < 1.29 is 4.74 Å². The molecule has 0 saturated carbocycles. The van der Waals surface area contributed by atoms with E-state index in [2.05, 4.69) is 10.9 Å². The molecule has 3 nitrogen and oxygen atoms in total. The van der Waals surface area contributed by atoms with Crippen LogP contribution in [0.15, 0.2) is 18.3 Å². The fraction of sp³-hybridized carbons (Fsp3) is 0.300. The van der Waals surface area contributed by atoms with Gasteiger partial charge in [-0.3, -0.25) is 0 Å². The Balaban J connectivity index is 2.65. The molecule has 0 bridgehead atoms. The van der Waals surface area contributed by atoms with E-state index in [1.54, 1.807) is 19.4 Å². The molecule has 13 heavy (non-hydrogen) atoms. The molecular formula is C10H12N2O. The highest BCUT2D eigenvalue weighted by molar-refractivity contribution is 5.20. The molecule has 1 heterocycles. The van der Waals surface area contributed by atoms with E-state index in [0.717, 1.165) is 5.56 Å². The maximum atomic E-state index is 5.58. The molecule has 0 saturated heterocycles. The highest BCUT2D eigenvalue weighted by atomic mass is 16.5. The smallest absolute Gasteiger partial charge is 0.212 e. The summed E-state index contributed by atoms with van der Waals surface area (Å²) >= 11 is 0. The minimum Gasteiger partial charge on any atom is -0.481 e. The molecule has 3 heteroatoms. The van der Waals surface area contributed by atoms with Gasteiger partial charge >= 0.3 is 0 Å². The van der Waals surface area contributed by atoms with Gasteiger partial charge in [0.25, 0.3) is 0 Å². The van der Waals surface area contributed by atoms with Crippen molar-refractivity contribution in [2.24, 2.45) is 5.73 Å². The van der Waals surface area contributed by atoms with Crippen LogP contribution in [0, 0.1) is 12.3 Å². The molecule has 0 spiro atoms. The number of aromatic nitrogens is 1. The molecule has 68 valence electrons. The lowest BCUT2D eigenvalue weighted by Gasteiger charge is -2.04. The Morgan fingerprint density at radius 2 is 2.46 bits per heavy atom. The first-order chi connectivity index (χ1) is 6.26. The summed E-state index contributed by atoms with van der Waals surface area (Å²) in [6.07, 6.45) is 7.52. The number of methoxy groups -OCH3 is 1. The Kier molecular flexibility index (Phi) is 3.30. The summed E-state index contributed by atoms with van der Waals surface area (Å²) in [5, 5.41) is 0. The van der Waals surface area contributed by atoms with Gasteiger partial charge in [0.05, 0.1) is 13.2 Å². The van der Waals surface area contributed by atoms with Gasteiger partial charge in [-0.25, -0.2) is 4.98 Å². The molecule has 1 rings (SSSR count). The van der Waals surface area contributed by atoms with E-state index in [9.17, 15) is 0 Å². The highest BCUT2D eigenvalue weighted by Crippen LogP contribution is 2.07. The van der Waals surface area contributed by atoms with Crippen LogP contribution in [0.1, 0.15) is 5.56 Å². The molecule has 1 unspecified atom stereocenters. The summed E-state index contributed by atoms with van der Waals surface area (Å²) in [5.74, 6) is 3.06. The van der Waals surface area contributed by atoms with Gasteiger partial charge in [0.15, 0.2) is 0 Å². The number of pyridine rings is 1. The van der Waals surface area contributed by atoms with Gasteiger partial charge in [-0.2, -0.15) is 0 Å². The van der Waals surface area contributed by atoms with E-state index in [-0.39, 0.29) is 6.04 Å². The summed E-state index contributed by atoms with van der Waals surface area (Å²) < 4.78 is 4.92. The second-order valence-corrected chi connectivity index (χ2v) is 2.69. The van der Waals surface area contributed by atoms with E-state index >= 15 is 0 Å². The number of hydrogen-bond donors (Lipinski definition) is 1. The molecule has 0 amide bonds. The third-order valence-electron chi connectivity index (χ3n) is 1.68. The monoisotopic (exact) mass is 176 g/mol. The molecule has 1 aromatic rings. The van der Waals surface area contributed by atoms with Crippen LogP contribution in [-0.4, -0.2) is 18.1 Å². The Bertz CT molecular complexity index is 300. The summed E-state index contributed by atoms with van der Waals surface area (Å²) in [5.41, 5.74) is 6.60. The van der Waals surface area contributed by atoms with Crippen molar-refractivity contribution in [3.05, 3.63) is 23.9 Å². The largest absolute Gasteiger partial charge is 0.481 e. The van der Waals surface area contributed by atoms with Gasteiger partial charge < -0.3 is 10.5 Å². The molecule has 0 aliphatic rings. The maximum Gasteiger partial charge on any atom is 0.212 e. The van der Waals surface area contributed by atoms with Crippen LogP contribution in [0.3, 0.4) is 0 Å². The zero-order valence-corrected chi connectivity index (χ0v) is 7.53. The Morgan fingerprint density at radius 3 is 2.92 bits per heavy atom. The molecule has 0 aliphatic heterocycles. The third kappa shape index (κ3) is 2.77. The minimum atomic E-state index is -0.241. The molecule has 0 aliphatic carbocycles. The van der Waals surface area contributed by atoms with Crippen LogP contribution in [0.5, 0.6) is 5.88 Å². The molecule has 1 aromatic heterocycles. The van der Waals surface area contributed by atoms with Crippen molar-refractivity contribution >= 4 is 0 Å². The predicted molar refractivity (Wildman–Crippen MR) is 51.3 cm³/mol. The van der Waals surface area contributed by atoms with Crippen LogP contribution in [0.2, 0.25) is 0 Å². The van der Waals surface area contributed by atoms with Crippen LogP contribution in [0.4, 0.5) is 0 Å². The first kappa shape index (κ1) is 9.56. The average Bonchev–Trinajstić information content (AvgIpc) is 2.19. The zero-order chi connectivity index (χ0) is 9.68. The Labute approximate surface area is 77.9 Å². The molecule has 0 fully saturated rings. The number of nitrogens with zero attached hydrogens (tertiary/aromatic N) is 1. The maximum absolute atomic E-state index is 5.58. The lowest BCUT2D eigenvalue weighted by atomic mass is 10.1. The van der Waals surface area contributed by atoms with Crippen LogP contribution < -0.4 is 10.5 Å². The van der Waals surface area contributed by atoms with Crippen molar-refractivity contribution in [3.8, 4) is 18.2 Å². The predicted octanol–water partition coefficient (Wildman–Crippen LogP) is 0.593. The number of rotatable bonds is 3. The van der Waals surface area contributed by atoms with Gasteiger partial charge in [0.2, 0.25) is 5.88 Å². The normalized spacial score (nSPS) is 11.8. The summed E-state index contributed by atoms with van der Waals surface area (Å²) in [6, 6.07) is 3.46. The lowest BCUT2D eigenvalue weighted by Crippen LogP contribution is -2.20. The van der Waals surface area contributed by atoms with Crippen molar-refractivity contribution in [2.75, 3.05) is 7.11 Å². The number of terminal acetylenes is 1. The molecule has 2 N–H and O–H groups in total. The fourth-order valence-electron chi connectivity index (χ4n) is 0.965. The minimum absolute atomic E-state index is 0.241. The van der Waals surface area contributed by atoms with Crippen molar-refractivity contribution in [1.82, 2.24) is 4.98 Å². The molecular weight excluding hydrogens is 164 g/mol. The van der Waals surface area contributed by atoms with Gasteiger partial charge in [-0.05, 0) is 5.56 Å². The molecule has 0 aromatic carbocycles. The average molecular weight is 176 g/mol. The summed E-state index contributed by atoms with van der Waals surface area (Å²) in [6.45, 7) is 0. The second-order valence-electron chi connectivity index (χ2n) is 2.69. The van der Waals surface area contributed by atoms with Crippen LogP contribution in [0.25, 0.3) is 0 Å². The quantitative estimate of drug-likeness (QED) is 0.686. The molecule has 0 radical (unpaired) electrons. The first-order valence-electron chi connectivity index (χ1n) is 3.97. The van der Waals surface area contributed by atoms with Crippen molar-refractivity contribution in [1.29, 1.82) is 0 Å². The van der Waals surface area contributed by atoms with Crippen molar-refractivity contribution in [2.45, 2.75) is 12.5 Å². The van der Waals surface area contributed by atoms with Crippen LogP contribution >= 0.6 is 0 Å². The Morgan fingerprint density at radius 1 is 1.69 bits per heavy atom. The standard InChI is InChI=1S/C10H12N2O/c1-3-9(11)6-8-4-5-10(13-2)12-7-8/h1,4-5,7,9H,6,11H2,2H3. The number of nitrogens with two attached hydrogens (primary N) is 1. The van der Waals surface area contributed by atoms with Gasteiger partial charge in [-0.1, -0.05) is 12.0 Å². The fourth-order valence-corrected chi connectivity index (χ4v) is 0.965. The van der Waals surface area contributed by atoms with Crippen LogP contribution in [-0.2, 0) is 6.42 Å². The highest BCUT2D eigenvalue weighted by Gasteiger charge is 2.00. The van der Waals surface area contributed by atoms with Gasteiger partial charge in [0, 0.05) is 18.7 Å². The van der Waals surface area contributed by atoms with E-state index in [1.165, 1.54) is 0 Å². The third-order valence-corrected chi connectivity index (χ3v) is 1.68. The van der Waals surface area contributed by atoms with E-state index in [4.69, 9.17) is 16.9 Å². The van der Waals surface area contributed by atoms with E-state index < -0.39 is 0 Å². The van der Waals surface area contributed by atoms with Gasteiger partial charge in [0.1, 0.15) is 0 Å². The Hall–Kier alpha value is -1.53. The lowest BCUT2D eigenvalue weighted by molar-refractivity contribution is 0.397.